The van der Waals surface area contributed by atoms with Crippen LogP contribution in [0.25, 0.3) is 0 Å². The highest BCUT2D eigenvalue weighted by atomic mass is 35.5. The molecule has 1 aliphatic heterocycles. The SMILES string of the molecule is CNCc1ccc(S(=O)(=O)NC2CCOC2C)cc1Cl. The molecule has 0 aliphatic carbocycles. The predicted octanol–water partition coefficient (Wildman–Crippen LogP) is 1.52. The van der Waals surface area contributed by atoms with Crippen LogP contribution >= 0.6 is 11.6 Å². The molecule has 1 aromatic rings. The van der Waals surface area contributed by atoms with Gasteiger partial charge in [0, 0.05) is 18.2 Å². The summed E-state index contributed by atoms with van der Waals surface area (Å²) in [6.07, 6.45) is 0.579. The number of halogens is 1. The van der Waals surface area contributed by atoms with Crippen LogP contribution in [0.3, 0.4) is 0 Å². The van der Waals surface area contributed by atoms with E-state index < -0.39 is 10.0 Å². The minimum atomic E-state index is -3.57. The number of benzene rings is 1. The summed E-state index contributed by atoms with van der Waals surface area (Å²) < 4.78 is 32.7. The number of nitrogens with one attached hydrogen (secondary N) is 2. The summed E-state index contributed by atoms with van der Waals surface area (Å²) in [5, 5.41) is 3.42. The van der Waals surface area contributed by atoms with Crippen LogP contribution in [0.15, 0.2) is 23.1 Å². The highest BCUT2D eigenvalue weighted by Gasteiger charge is 2.29. The Labute approximate surface area is 124 Å². The third-order valence-corrected chi connectivity index (χ3v) is 5.22. The van der Waals surface area contributed by atoms with Gasteiger partial charge in [0.25, 0.3) is 0 Å². The summed E-state index contributed by atoms with van der Waals surface area (Å²) in [5.74, 6) is 0. The van der Waals surface area contributed by atoms with E-state index in [2.05, 4.69) is 10.0 Å². The highest BCUT2D eigenvalue weighted by molar-refractivity contribution is 7.89. The van der Waals surface area contributed by atoms with Gasteiger partial charge < -0.3 is 10.1 Å². The van der Waals surface area contributed by atoms with Crippen LogP contribution in [0.4, 0.5) is 0 Å². The first-order valence-electron chi connectivity index (χ1n) is 6.51. The third-order valence-electron chi connectivity index (χ3n) is 3.38. The zero-order chi connectivity index (χ0) is 14.8. The van der Waals surface area contributed by atoms with Crippen molar-refractivity contribution < 1.29 is 13.2 Å². The Kier molecular flexibility index (Phi) is 5.04. The van der Waals surface area contributed by atoms with E-state index in [-0.39, 0.29) is 17.0 Å². The van der Waals surface area contributed by atoms with Crippen molar-refractivity contribution in [3.05, 3.63) is 28.8 Å². The summed E-state index contributed by atoms with van der Waals surface area (Å²) >= 11 is 6.10. The van der Waals surface area contributed by atoms with E-state index in [0.29, 0.717) is 24.6 Å². The molecule has 0 amide bonds. The summed E-state index contributed by atoms with van der Waals surface area (Å²) in [5.41, 5.74) is 0.866. The van der Waals surface area contributed by atoms with Crippen molar-refractivity contribution in [3.8, 4) is 0 Å². The zero-order valence-electron chi connectivity index (χ0n) is 11.5. The normalized spacial score (nSPS) is 23.1. The van der Waals surface area contributed by atoms with E-state index in [0.717, 1.165) is 5.56 Å². The second-order valence-corrected chi connectivity index (χ2v) is 7.00. The molecule has 0 saturated carbocycles. The average molecular weight is 319 g/mol. The molecule has 2 unspecified atom stereocenters. The lowest BCUT2D eigenvalue weighted by Crippen LogP contribution is -2.39. The Hall–Kier alpha value is -0.660. The average Bonchev–Trinajstić information content (AvgIpc) is 2.77. The van der Waals surface area contributed by atoms with Crippen LogP contribution < -0.4 is 10.0 Å². The number of ether oxygens (including phenoxy) is 1. The maximum atomic E-state index is 12.3. The Morgan fingerprint density at radius 3 is 2.75 bits per heavy atom. The molecule has 1 heterocycles. The lowest BCUT2D eigenvalue weighted by atomic mass is 10.2. The molecular weight excluding hydrogens is 300 g/mol. The van der Waals surface area contributed by atoms with E-state index in [1.54, 1.807) is 12.1 Å². The van der Waals surface area contributed by atoms with Gasteiger partial charge in [-0.05, 0) is 38.1 Å². The summed E-state index contributed by atoms with van der Waals surface area (Å²) in [7, 11) is -1.76. The molecule has 20 heavy (non-hydrogen) atoms. The molecule has 112 valence electrons. The van der Waals surface area contributed by atoms with Gasteiger partial charge in [-0.2, -0.15) is 0 Å². The number of rotatable bonds is 5. The molecule has 0 radical (unpaired) electrons. The smallest absolute Gasteiger partial charge is 0.240 e. The van der Waals surface area contributed by atoms with E-state index in [1.807, 2.05) is 14.0 Å². The van der Waals surface area contributed by atoms with Crippen LogP contribution in [0.1, 0.15) is 18.9 Å². The largest absolute Gasteiger partial charge is 0.377 e. The van der Waals surface area contributed by atoms with Crippen molar-refractivity contribution in [1.29, 1.82) is 0 Å². The Morgan fingerprint density at radius 2 is 2.20 bits per heavy atom. The lowest BCUT2D eigenvalue weighted by Gasteiger charge is -2.16. The fraction of sp³-hybridized carbons (Fsp3) is 0.538. The molecule has 1 saturated heterocycles. The van der Waals surface area contributed by atoms with E-state index in [9.17, 15) is 8.42 Å². The number of hydrogen-bond acceptors (Lipinski definition) is 4. The van der Waals surface area contributed by atoms with E-state index >= 15 is 0 Å². The second-order valence-electron chi connectivity index (χ2n) is 4.88. The zero-order valence-corrected chi connectivity index (χ0v) is 13.1. The summed E-state index contributed by atoms with van der Waals surface area (Å²) in [4.78, 5) is 0.182. The Bertz CT molecular complexity index is 577. The third kappa shape index (κ3) is 3.51. The van der Waals surface area contributed by atoms with Crippen LogP contribution in [0, 0.1) is 0 Å². The van der Waals surface area contributed by atoms with Crippen molar-refractivity contribution in [3.63, 3.8) is 0 Å². The van der Waals surface area contributed by atoms with E-state index in [1.165, 1.54) is 6.07 Å². The maximum Gasteiger partial charge on any atom is 0.240 e. The van der Waals surface area contributed by atoms with Gasteiger partial charge in [-0.25, -0.2) is 13.1 Å². The van der Waals surface area contributed by atoms with E-state index in [4.69, 9.17) is 16.3 Å². The molecule has 2 atom stereocenters. The van der Waals surface area contributed by atoms with Crippen LogP contribution in [-0.4, -0.2) is 34.2 Å². The molecule has 1 aromatic carbocycles. The predicted molar refractivity (Wildman–Crippen MR) is 78.4 cm³/mol. The first kappa shape index (κ1) is 15.7. The molecule has 7 heteroatoms. The second kappa shape index (κ2) is 6.41. The van der Waals surface area contributed by atoms with Crippen molar-refractivity contribution in [1.82, 2.24) is 10.0 Å². The van der Waals surface area contributed by atoms with Crippen molar-refractivity contribution in [2.24, 2.45) is 0 Å². The molecular formula is C13H19ClN2O3S. The first-order chi connectivity index (χ1) is 9.44. The molecule has 0 bridgehead atoms. The van der Waals surface area contributed by atoms with Gasteiger partial charge in [0.05, 0.1) is 17.0 Å². The van der Waals surface area contributed by atoms with Crippen molar-refractivity contribution in [2.45, 2.75) is 36.9 Å². The van der Waals surface area contributed by atoms with Gasteiger partial charge in [-0.15, -0.1) is 0 Å². The fourth-order valence-corrected chi connectivity index (χ4v) is 3.86. The lowest BCUT2D eigenvalue weighted by molar-refractivity contribution is 0.117. The minimum Gasteiger partial charge on any atom is -0.377 e. The molecule has 2 rings (SSSR count). The molecule has 1 fully saturated rings. The quantitative estimate of drug-likeness (QED) is 0.863. The minimum absolute atomic E-state index is 0.108. The van der Waals surface area contributed by atoms with Gasteiger partial charge in [0.1, 0.15) is 0 Å². The van der Waals surface area contributed by atoms with Gasteiger partial charge in [0.2, 0.25) is 10.0 Å². The molecule has 0 aromatic heterocycles. The van der Waals surface area contributed by atoms with Gasteiger partial charge in [-0.3, -0.25) is 0 Å². The number of hydrogen-bond donors (Lipinski definition) is 2. The van der Waals surface area contributed by atoms with Crippen LogP contribution in [0.5, 0.6) is 0 Å². The topological polar surface area (TPSA) is 67.4 Å². The highest BCUT2D eigenvalue weighted by Crippen LogP contribution is 2.22. The Balaban J connectivity index is 2.19. The van der Waals surface area contributed by atoms with Crippen LogP contribution in [-0.2, 0) is 21.3 Å². The van der Waals surface area contributed by atoms with Crippen molar-refractivity contribution >= 4 is 21.6 Å². The monoisotopic (exact) mass is 318 g/mol. The van der Waals surface area contributed by atoms with Gasteiger partial charge >= 0.3 is 0 Å². The molecule has 2 N–H and O–H groups in total. The fourth-order valence-electron chi connectivity index (χ4n) is 2.18. The standard InChI is InChI=1S/C13H19ClN2O3S/c1-9-13(5-6-19-9)16-20(17,18)11-4-3-10(8-15-2)12(14)7-11/h3-4,7,9,13,15-16H,5-6,8H2,1-2H3. The summed E-state index contributed by atoms with van der Waals surface area (Å²) in [6, 6.07) is 4.59. The number of sulfonamides is 1. The van der Waals surface area contributed by atoms with Crippen LogP contribution in [0.2, 0.25) is 5.02 Å². The maximum absolute atomic E-state index is 12.3. The van der Waals surface area contributed by atoms with Gasteiger partial charge in [0.15, 0.2) is 0 Å². The summed E-state index contributed by atoms with van der Waals surface area (Å²) in [6.45, 7) is 3.04. The van der Waals surface area contributed by atoms with Gasteiger partial charge in [-0.1, -0.05) is 17.7 Å². The first-order valence-corrected chi connectivity index (χ1v) is 8.37. The molecule has 1 aliphatic rings. The Morgan fingerprint density at radius 1 is 1.45 bits per heavy atom. The molecule has 5 nitrogen and oxygen atoms in total. The molecule has 0 spiro atoms. The van der Waals surface area contributed by atoms with Crippen molar-refractivity contribution in [2.75, 3.05) is 13.7 Å².